The summed E-state index contributed by atoms with van der Waals surface area (Å²) in [5.74, 6) is 0.369. The molecule has 0 radical (unpaired) electrons. The summed E-state index contributed by atoms with van der Waals surface area (Å²) in [5, 5.41) is 12.4. The van der Waals surface area contributed by atoms with Crippen molar-refractivity contribution in [3.63, 3.8) is 0 Å². The summed E-state index contributed by atoms with van der Waals surface area (Å²) in [4.78, 5) is 18.1. The number of nitrogens with one attached hydrogen (secondary N) is 1. The van der Waals surface area contributed by atoms with Gasteiger partial charge in [-0.15, -0.1) is 0 Å². The Morgan fingerprint density at radius 3 is 2.86 bits per heavy atom. The number of hydrogen-bond donors (Lipinski definition) is 2. The summed E-state index contributed by atoms with van der Waals surface area (Å²) < 4.78 is 4.98. The summed E-state index contributed by atoms with van der Waals surface area (Å²) in [6.45, 7) is 3.76. The van der Waals surface area contributed by atoms with Gasteiger partial charge in [0.2, 0.25) is 0 Å². The lowest BCUT2D eigenvalue weighted by Gasteiger charge is -2.21. The summed E-state index contributed by atoms with van der Waals surface area (Å²) in [5.41, 5.74) is 0.443. The minimum atomic E-state index is -0.204. The molecule has 1 rings (SSSR count). The molecule has 0 atom stereocenters. The van der Waals surface area contributed by atoms with E-state index in [-0.39, 0.29) is 24.2 Å². The van der Waals surface area contributed by atoms with Gasteiger partial charge in [0.05, 0.1) is 13.2 Å². The second kappa shape index (κ2) is 9.55. The maximum Gasteiger partial charge on any atom is 0.254 e. The number of aliphatic hydroxyl groups is 1. The average Bonchev–Trinajstić information content (AvgIpc) is 2.48. The molecule has 0 fully saturated rings. The minimum Gasteiger partial charge on any atom is -0.395 e. The molecule has 1 aromatic rings. The van der Waals surface area contributed by atoms with Crippen LogP contribution in [0.5, 0.6) is 0 Å². The second-order valence-corrected chi connectivity index (χ2v) is 4.89. The van der Waals surface area contributed by atoms with E-state index in [0.29, 0.717) is 24.5 Å². The minimum absolute atomic E-state index is 0.102. The zero-order valence-corrected chi connectivity index (χ0v) is 13.2. The topological polar surface area (TPSA) is 74.7 Å². The third-order valence-corrected chi connectivity index (χ3v) is 3.01. The van der Waals surface area contributed by atoms with E-state index in [0.717, 1.165) is 13.0 Å². The predicted octanol–water partition coefficient (Wildman–Crippen LogP) is 1.64. The number of halogens is 1. The lowest BCUT2D eigenvalue weighted by atomic mass is 10.2. The van der Waals surface area contributed by atoms with Crippen LogP contribution in [0, 0.1) is 0 Å². The Labute approximate surface area is 130 Å². The molecule has 118 valence electrons. The Bertz CT molecular complexity index is 457. The normalized spacial score (nSPS) is 10.5. The van der Waals surface area contributed by atoms with Crippen molar-refractivity contribution < 1.29 is 14.6 Å². The van der Waals surface area contributed by atoms with Crippen LogP contribution in [0.15, 0.2) is 12.1 Å². The van der Waals surface area contributed by atoms with E-state index in [1.807, 2.05) is 6.92 Å². The highest BCUT2D eigenvalue weighted by molar-refractivity contribution is 6.29. The fourth-order valence-electron chi connectivity index (χ4n) is 1.78. The molecule has 0 saturated carbocycles. The van der Waals surface area contributed by atoms with E-state index in [4.69, 9.17) is 21.4 Å². The van der Waals surface area contributed by atoms with Crippen LogP contribution in [0.2, 0.25) is 5.15 Å². The number of methoxy groups -OCH3 is 1. The number of anilines is 1. The third-order valence-electron chi connectivity index (χ3n) is 2.82. The molecule has 1 amide bonds. The maximum absolute atomic E-state index is 12.5. The number of nitrogens with zero attached hydrogens (tertiary/aromatic N) is 2. The van der Waals surface area contributed by atoms with Crippen LogP contribution >= 0.6 is 11.6 Å². The molecule has 0 aliphatic heterocycles. The van der Waals surface area contributed by atoms with Crippen molar-refractivity contribution in [2.24, 2.45) is 0 Å². The van der Waals surface area contributed by atoms with Gasteiger partial charge in [0, 0.05) is 32.3 Å². The van der Waals surface area contributed by atoms with Gasteiger partial charge in [0.25, 0.3) is 5.91 Å². The van der Waals surface area contributed by atoms with Gasteiger partial charge in [-0.2, -0.15) is 0 Å². The first-order valence-corrected chi connectivity index (χ1v) is 7.30. The summed E-state index contributed by atoms with van der Waals surface area (Å²) >= 11 is 5.96. The summed E-state index contributed by atoms with van der Waals surface area (Å²) in [6, 6.07) is 3.19. The SMILES string of the molecule is CCCNc1cc(C(=O)N(CCO)CCOC)cc(Cl)n1. The fourth-order valence-corrected chi connectivity index (χ4v) is 1.99. The molecular formula is C14H22ClN3O3. The zero-order valence-electron chi connectivity index (χ0n) is 12.4. The molecule has 0 unspecified atom stereocenters. The molecule has 0 saturated heterocycles. The van der Waals surface area contributed by atoms with Gasteiger partial charge in [-0.3, -0.25) is 4.79 Å². The molecule has 0 bridgehead atoms. The molecule has 21 heavy (non-hydrogen) atoms. The van der Waals surface area contributed by atoms with Crippen LogP contribution in [0.1, 0.15) is 23.7 Å². The number of aromatic nitrogens is 1. The molecular weight excluding hydrogens is 294 g/mol. The average molecular weight is 316 g/mol. The van der Waals surface area contributed by atoms with E-state index in [9.17, 15) is 4.79 Å². The van der Waals surface area contributed by atoms with Crippen molar-refractivity contribution in [1.82, 2.24) is 9.88 Å². The van der Waals surface area contributed by atoms with E-state index in [1.165, 1.54) is 11.0 Å². The molecule has 0 aliphatic carbocycles. The Balaban J connectivity index is 2.89. The molecule has 1 heterocycles. The molecule has 2 N–H and O–H groups in total. The first-order valence-electron chi connectivity index (χ1n) is 6.92. The van der Waals surface area contributed by atoms with Crippen molar-refractivity contribution in [2.75, 3.05) is 45.3 Å². The van der Waals surface area contributed by atoms with E-state index in [2.05, 4.69) is 10.3 Å². The van der Waals surface area contributed by atoms with Gasteiger partial charge in [-0.05, 0) is 18.6 Å². The first kappa shape index (κ1) is 17.7. The molecule has 0 spiro atoms. The number of carbonyl (C=O) groups is 1. The highest BCUT2D eigenvalue weighted by atomic mass is 35.5. The smallest absolute Gasteiger partial charge is 0.254 e. The van der Waals surface area contributed by atoms with Crippen LogP contribution in [0.4, 0.5) is 5.82 Å². The molecule has 0 aliphatic rings. The van der Waals surface area contributed by atoms with Gasteiger partial charge >= 0.3 is 0 Å². The van der Waals surface area contributed by atoms with E-state index < -0.39 is 0 Å². The Kier molecular flexibility index (Phi) is 8.04. The van der Waals surface area contributed by atoms with Crippen molar-refractivity contribution in [3.8, 4) is 0 Å². The van der Waals surface area contributed by atoms with E-state index in [1.54, 1.807) is 13.2 Å². The highest BCUT2D eigenvalue weighted by Gasteiger charge is 2.16. The molecule has 7 heteroatoms. The van der Waals surface area contributed by atoms with Crippen LogP contribution < -0.4 is 5.32 Å². The lowest BCUT2D eigenvalue weighted by Crippen LogP contribution is -2.36. The molecule has 6 nitrogen and oxygen atoms in total. The van der Waals surface area contributed by atoms with Gasteiger partial charge in [-0.25, -0.2) is 4.98 Å². The van der Waals surface area contributed by atoms with Crippen LogP contribution in [0.25, 0.3) is 0 Å². The predicted molar refractivity (Wildman–Crippen MR) is 82.9 cm³/mol. The number of ether oxygens (including phenoxy) is 1. The first-order chi connectivity index (χ1) is 10.1. The second-order valence-electron chi connectivity index (χ2n) is 4.50. The van der Waals surface area contributed by atoms with Crippen LogP contribution in [-0.4, -0.2) is 60.9 Å². The van der Waals surface area contributed by atoms with Crippen LogP contribution in [0.3, 0.4) is 0 Å². The number of carbonyl (C=O) groups excluding carboxylic acids is 1. The Morgan fingerprint density at radius 2 is 2.24 bits per heavy atom. The number of pyridine rings is 1. The number of aliphatic hydroxyl groups excluding tert-OH is 1. The zero-order chi connectivity index (χ0) is 15.7. The van der Waals surface area contributed by atoms with Gasteiger partial charge in [0.1, 0.15) is 11.0 Å². The van der Waals surface area contributed by atoms with E-state index >= 15 is 0 Å². The number of rotatable bonds is 9. The fraction of sp³-hybridized carbons (Fsp3) is 0.571. The maximum atomic E-state index is 12.5. The summed E-state index contributed by atoms with van der Waals surface area (Å²) in [6.07, 6.45) is 0.946. The van der Waals surface area contributed by atoms with Gasteiger partial charge in [-0.1, -0.05) is 18.5 Å². The van der Waals surface area contributed by atoms with Gasteiger partial charge in [0.15, 0.2) is 0 Å². The van der Waals surface area contributed by atoms with Crippen LogP contribution in [-0.2, 0) is 4.74 Å². The number of amides is 1. The third kappa shape index (κ3) is 5.87. The Morgan fingerprint density at radius 1 is 1.48 bits per heavy atom. The lowest BCUT2D eigenvalue weighted by molar-refractivity contribution is 0.0656. The van der Waals surface area contributed by atoms with Gasteiger partial charge < -0.3 is 20.1 Å². The number of hydrogen-bond acceptors (Lipinski definition) is 5. The van der Waals surface area contributed by atoms with Crippen molar-refractivity contribution in [3.05, 3.63) is 22.8 Å². The summed E-state index contributed by atoms with van der Waals surface area (Å²) in [7, 11) is 1.57. The van der Waals surface area contributed by atoms with Crippen molar-refractivity contribution in [2.45, 2.75) is 13.3 Å². The highest BCUT2D eigenvalue weighted by Crippen LogP contribution is 2.16. The molecule has 0 aromatic carbocycles. The van der Waals surface area contributed by atoms with Crippen molar-refractivity contribution in [1.29, 1.82) is 0 Å². The monoisotopic (exact) mass is 315 g/mol. The largest absolute Gasteiger partial charge is 0.395 e. The molecule has 1 aromatic heterocycles. The van der Waals surface area contributed by atoms with Crippen molar-refractivity contribution >= 4 is 23.3 Å². The quantitative estimate of drug-likeness (QED) is 0.678. The standard InChI is InChI=1S/C14H22ClN3O3/c1-3-4-16-13-10-11(9-12(15)17-13)14(20)18(5-7-19)6-8-21-2/h9-10,19H,3-8H2,1-2H3,(H,16,17). The Hall–Kier alpha value is -1.37.